The normalized spacial score (nSPS) is 11.9. The van der Waals surface area contributed by atoms with E-state index < -0.39 is 0 Å². The maximum absolute atomic E-state index is 11.9. The average Bonchev–Trinajstić information content (AvgIpc) is 3.21. The molecule has 0 aliphatic rings. The van der Waals surface area contributed by atoms with Gasteiger partial charge in [-0.3, -0.25) is 4.98 Å². The first-order valence-electron chi connectivity index (χ1n) is 7.57. The van der Waals surface area contributed by atoms with Gasteiger partial charge in [-0.25, -0.2) is 9.78 Å². The van der Waals surface area contributed by atoms with Crippen LogP contribution in [0.2, 0.25) is 0 Å². The maximum atomic E-state index is 11.9. The molecule has 7 heteroatoms. The van der Waals surface area contributed by atoms with Crippen molar-refractivity contribution in [2.45, 2.75) is 20.4 Å². The number of imidazole rings is 1. The molecule has 2 aromatic heterocycles. The van der Waals surface area contributed by atoms with Crippen molar-refractivity contribution >= 4 is 51.0 Å². The van der Waals surface area contributed by atoms with Gasteiger partial charge in [0.1, 0.15) is 0 Å². The summed E-state index contributed by atoms with van der Waals surface area (Å²) in [6.45, 7) is 4.87. The second-order valence-corrected chi connectivity index (χ2v) is 6.32. The number of aryl methyl sites for hydroxylation is 1. The number of esters is 1. The monoisotopic (exact) mass is 361 g/mol. The third kappa shape index (κ3) is 3.20. The number of aromatic nitrogens is 3. The molecular weight excluding hydrogens is 346 g/mol. The van der Waals surface area contributed by atoms with Crippen LogP contribution in [0.3, 0.4) is 0 Å². The predicted octanol–water partition coefficient (Wildman–Crippen LogP) is 4.43. The van der Waals surface area contributed by atoms with Crippen LogP contribution >= 0.6 is 22.9 Å². The quantitative estimate of drug-likeness (QED) is 0.631. The van der Waals surface area contributed by atoms with Gasteiger partial charge in [0.05, 0.1) is 33.7 Å². The van der Waals surface area contributed by atoms with Gasteiger partial charge in [0.15, 0.2) is 5.82 Å². The van der Waals surface area contributed by atoms with Gasteiger partial charge in [0, 0.05) is 17.6 Å². The molecule has 3 rings (SSSR count). The van der Waals surface area contributed by atoms with E-state index in [0.29, 0.717) is 28.5 Å². The highest BCUT2D eigenvalue weighted by atomic mass is 35.5. The number of hydrogen-bond acceptors (Lipinski definition) is 5. The summed E-state index contributed by atoms with van der Waals surface area (Å²) in [4.78, 5) is 21.5. The summed E-state index contributed by atoms with van der Waals surface area (Å²) in [5, 5.41) is 0.537. The summed E-state index contributed by atoms with van der Waals surface area (Å²) in [6.07, 6.45) is 3.60. The standard InChI is InChI=1S/C17H16ClN3O2S/c1-3-21-15-6-5-11(17(22)23-4-2)7-14(15)20-16(21)13(18)8-12-9-19-10-24-12/h5-10H,3-4H2,1-2H3. The van der Waals surface area contributed by atoms with E-state index in [4.69, 9.17) is 16.3 Å². The lowest BCUT2D eigenvalue weighted by molar-refractivity contribution is 0.0526. The molecule has 5 nitrogen and oxygen atoms in total. The lowest BCUT2D eigenvalue weighted by Gasteiger charge is -2.05. The Hall–Kier alpha value is -2.18. The molecule has 24 heavy (non-hydrogen) atoms. The lowest BCUT2D eigenvalue weighted by atomic mass is 10.2. The Labute approximate surface area is 148 Å². The minimum atomic E-state index is -0.349. The van der Waals surface area contributed by atoms with Crippen LogP contribution in [0, 0.1) is 0 Å². The van der Waals surface area contributed by atoms with Crippen LogP contribution in [0.4, 0.5) is 0 Å². The molecule has 0 spiro atoms. The van der Waals surface area contributed by atoms with Crippen LogP contribution in [0.5, 0.6) is 0 Å². The summed E-state index contributed by atoms with van der Waals surface area (Å²) in [6, 6.07) is 5.36. The highest BCUT2D eigenvalue weighted by Gasteiger charge is 2.15. The molecule has 0 aliphatic heterocycles. The molecule has 0 fully saturated rings. The number of thiazole rings is 1. The van der Waals surface area contributed by atoms with Crippen molar-refractivity contribution < 1.29 is 9.53 Å². The van der Waals surface area contributed by atoms with Gasteiger partial charge in [-0.1, -0.05) is 11.6 Å². The lowest BCUT2D eigenvalue weighted by Crippen LogP contribution is -2.04. The number of rotatable bonds is 5. The fourth-order valence-corrected chi connectivity index (χ4v) is 3.34. The van der Waals surface area contributed by atoms with Crippen molar-refractivity contribution in [3.63, 3.8) is 0 Å². The van der Waals surface area contributed by atoms with Gasteiger partial charge in [-0.2, -0.15) is 0 Å². The first-order valence-corrected chi connectivity index (χ1v) is 8.83. The number of hydrogen-bond donors (Lipinski definition) is 0. The first-order chi connectivity index (χ1) is 11.6. The Morgan fingerprint density at radius 3 is 2.92 bits per heavy atom. The van der Waals surface area contributed by atoms with Crippen molar-refractivity contribution in [2.24, 2.45) is 0 Å². The van der Waals surface area contributed by atoms with Crippen molar-refractivity contribution in [3.8, 4) is 0 Å². The Morgan fingerprint density at radius 2 is 2.25 bits per heavy atom. The highest BCUT2D eigenvalue weighted by molar-refractivity contribution is 7.10. The van der Waals surface area contributed by atoms with Gasteiger partial charge >= 0.3 is 5.97 Å². The fraction of sp³-hybridized carbons (Fsp3) is 0.235. The van der Waals surface area contributed by atoms with E-state index in [9.17, 15) is 4.79 Å². The number of halogens is 1. The Kier molecular flexibility index (Phi) is 4.97. The van der Waals surface area contributed by atoms with Crippen LogP contribution < -0.4 is 0 Å². The molecule has 0 amide bonds. The number of fused-ring (bicyclic) bond motifs is 1. The van der Waals surface area contributed by atoms with Gasteiger partial charge in [0.2, 0.25) is 0 Å². The number of benzene rings is 1. The second kappa shape index (κ2) is 7.15. The largest absolute Gasteiger partial charge is 0.462 e. The highest BCUT2D eigenvalue weighted by Crippen LogP contribution is 2.27. The Bertz CT molecular complexity index is 900. The molecule has 0 bridgehead atoms. The zero-order chi connectivity index (χ0) is 17.1. The first kappa shape index (κ1) is 16.7. The molecule has 0 radical (unpaired) electrons. The average molecular weight is 362 g/mol. The summed E-state index contributed by atoms with van der Waals surface area (Å²) in [5.74, 6) is 0.321. The molecule has 0 aliphatic carbocycles. The van der Waals surface area contributed by atoms with Crippen molar-refractivity contribution in [3.05, 3.63) is 46.2 Å². The van der Waals surface area contributed by atoms with E-state index in [2.05, 4.69) is 9.97 Å². The van der Waals surface area contributed by atoms with Crippen LogP contribution in [-0.2, 0) is 11.3 Å². The third-order valence-corrected chi connectivity index (χ3v) is 4.51. The number of carbonyl (C=O) groups is 1. The zero-order valence-electron chi connectivity index (χ0n) is 13.3. The zero-order valence-corrected chi connectivity index (χ0v) is 14.9. The van der Waals surface area contributed by atoms with Crippen molar-refractivity contribution in [2.75, 3.05) is 6.61 Å². The summed E-state index contributed by atoms with van der Waals surface area (Å²) in [5.41, 5.74) is 3.88. The van der Waals surface area contributed by atoms with E-state index in [1.54, 1.807) is 30.8 Å². The molecule has 0 N–H and O–H groups in total. The van der Waals surface area contributed by atoms with Crippen LogP contribution in [0.15, 0.2) is 29.9 Å². The fourth-order valence-electron chi connectivity index (χ4n) is 2.46. The third-order valence-electron chi connectivity index (χ3n) is 3.51. The second-order valence-electron chi connectivity index (χ2n) is 5.00. The van der Waals surface area contributed by atoms with Crippen LogP contribution in [0.1, 0.15) is 34.9 Å². The summed E-state index contributed by atoms with van der Waals surface area (Å²) < 4.78 is 7.06. The molecule has 1 aromatic carbocycles. The molecule has 124 valence electrons. The van der Waals surface area contributed by atoms with Crippen LogP contribution in [-0.4, -0.2) is 27.1 Å². The van der Waals surface area contributed by atoms with Gasteiger partial charge in [-0.05, 0) is 38.1 Å². The number of ether oxygens (including phenoxy) is 1. The molecule has 0 unspecified atom stereocenters. The minimum absolute atomic E-state index is 0.342. The number of carbonyl (C=O) groups excluding carboxylic acids is 1. The topological polar surface area (TPSA) is 57.0 Å². The van der Waals surface area contributed by atoms with E-state index in [0.717, 1.165) is 16.9 Å². The van der Waals surface area contributed by atoms with Crippen LogP contribution in [0.25, 0.3) is 22.1 Å². The smallest absolute Gasteiger partial charge is 0.338 e. The van der Waals surface area contributed by atoms with E-state index in [1.165, 1.54) is 11.3 Å². The van der Waals surface area contributed by atoms with E-state index >= 15 is 0 Å². The molecule has 0 saturated carbocycles. The predicted molar refractivity (Wildman–Crippen MR) is 97.2 cm³/mol. The van der Waals surface area contributed by atoms with Gasteiger partial charge in [-0.15, -0.1) is 11.3 Å². The Balaban J connectivity index is 2.07. The molecule has 2 heterocycles. The van der Waals surface area contributed by atoms with E-state index in [1.807, 2.05) is 23.6 Å². The van der Waals surface area contributed by atoms with E-state index in [-0.39, 0.29) is 5.97 Å². The van der Waals surface area contributed by atoms with Gasteiger partial charge in [0.25, 0.3) is 0 Å². The molecule has 0 saturated heterocycles. The molecular formula is C17H16ClN3O2S. The summed E-state index contributed by atoms with van der Waals surface area (Å²) in [7, 11) is 0. The Morgan fingerprint density at radius 1 is 1.42 bits per heavy atom. The van der Waals surface area contributed by atoms with Crippen molar-refractivity contribution in [1.29, 1.82) is 0 Å². The van der Waals surface area contributed by atoms with Gasteiger partial charge < -0.3 is 9.30 Å². The number of nitrogens with zero attached hydrogens (tertiary/aromatic N) is 3. The maximum Gasteiger partial charge on any atom is 0.338 e. The summed E-state index contributed by atoms with van der Waals surface area (Å²) >= 11 is 7.98. The minimum Gasteiger partial charge on any atom is -0.462 e. The van der Waals surface area contributed by atoms with Crippen molar-refractivity contribution in [1.82, 2.24) is 14.5 Å². The molecule has 0 atom stereocenters. The molecule has 3 aromatic rings. The SMILES string of the molecule is CCOC(=O)c1ccc2c(c1)nc(C(Cl)=Cc1cncs1)n2CC.